The maximum atomic E-state index is 13.6. The van der Waals surface area contributed by atoms with E-state index in [-0.39, 0.29) is 16.8 Å². The number of carboxylic acids is 1. The van der Waals surface area contributed by atoms with Crippen LogP contribution in [-0.4, -0.2) is 17.0 Å². The molecule has 0 atom stereocenters. The minimum atomic E-state index is -1.19. The Morgan fingerprint density at radius 1 is 1.00 bits per heavy atom. The molecule has 2 N–H and O–H groups in total. The molecule has 0 saturated carbocycles. The Hall–Kier alpha value is -1.73. The van der Waals surface area contributed by atoms with Crippen LogP contribution in [0.5, 0.6) is 0 Å². The topological polar surface area (TPSA) is 66.4 Å². The molecule has 0 fully saturated rings. The molecule has 0 radical (unpaired) electrons. The van der Waals surface area contributed by atoms with Crippen molar-refractivity contribution in [3.8, 4) is 0 Å². The van der Waals surface area contributed by atoms with E-state index in [2.05, 4.69) is 37.2 Å². The summed E-state index contributed by atoms with van der Waals surface area (Å²) in [6.45, 7) is 0. The van der Waals surface area contributed by atoms with E-state index >= 15 is 0 Å². The van der Waals surface area contributed by atoms with E-state index in [1.807, 2.05) is 0 Å². The smallest absolute Gasteiger partial charge is 0.337 e. The van der Waals surface area contributed by atoms with Crippen LogP contribution in [0.3, 0.4) is 0 Å². The number of nitrogens with one attached hydrogen (secondary N) is 1. The number of carboxylic acid groups (broad SMARTS) is 1. The summed E-state index contributed by atoms with van der Waals surface area (Å²) in [6, 6.07) is 8.31. The van der Waals surface area contributed by atoms with E-state index in [9.17, 15) is 14.0 Å². The third kappa shape index (κ3) is 3.68. The van der Waals surface area contributed by atoms with Gasteiger partial charge in [0.05, 0.1) is 16.8 Å². The standard InChI is InChI=1S/C14H8Br2FNO3/c15-7-1-3-11(17)9(5-7)13(19)18-12-4-2-8(16)6-10(12)14(20)21/h1-6H,(H,18,19)(H,20,21). The zero-order valence-corrected chi connectivity index (χ0v) is 13.5. The number of anilines is 1. The number of benzene rings is 2. The van der Waals surface area contributed by atoms with E-state index < -0.39 is 17.7 Å². The number of aromatic carboxylic acids is 1. The minimum absolute atomic E-state index is 0.0897. The van der Waals surface area contributed by atoms with Gasteiger partial charge in [0, 0.05) is 8.95 Å². The zero-order chi connectivity index (χ0) is 15.6. The van der Waals surface area contributed by atoms with Crippen molar-refractivity contribution in [3.05, 3.63) is 62.3 Å². The number of hydrogen-bond acceptors (Lipinski definition) is 2. The van der Waals surface area contributed by atoms with Crippen LogP contribution in [0.4, 0.5) is 10.1 Å². The third-order valence-electron chi connectivity index (χ3n) is 2.63. The lowest BCUT2D eigenvalue weighted by Crippen LogP contribution is -2.16. The highest BCUT2D eigenvalue weighted by atomic mass is 79.9. The highest BCUT2D eigenvalue weighted by Gasteiger charge is 2.16. The van der Waals surface area contributed by atoms with Gasteiger partial charge >= 0.3 is 5.97 Å². The fourth-order valence-electron chi connectivity index (χ4n) is 1.66. The summed E-state index contributed by atoms with van der Waals surface area (Å²) in [6.07, 6.45) is 0. The molecule has 0 unspecified atom stereocenters. The quantitative estimate of drug-likeness (QED) is 0.783. The average Bonchev–Trinajstić information content (AvgIpc) is 2.43. The van der Waals surface area contributed by atoms with Gasteiger partial charge in [0.1, 0.15) is 5.82 Å². The van der Waals surface area contributed by atoms with Gasteiger partial charge in [-0.25, -0.2) is 9.18 Å². The molecular weight excluding hydrogens is 409 g/mol. The van der Waals surface area contributed by atoms with Crippen LogP contribution >= 0.6 is 31.9 Å². The molecule has 108 valence electrons. The second-order valence-electron chi connectivity index (χ2n) is 4.07. The van der Waals surface area contributed by atoms with Crippen LogP contribution in [0.2, 0.25) is 0 Å². The number of carbonyl (C=O) groups is 2. The van der Waals surface area contributed by atoms with Gasteiger partial charge in [-0.15, -0.1) is 0 Å². The van der Waals surface area contributed by atoms with Crippen molar-refractivity contribution >= 4 is 49.4 Å². The van der Waals surface area contributed by atoms with Gasteiger partial charge in [0.15, 0.2) is 0 Å². The van der Waals surface area contributed by atoms with Crippen molar-refractivity contribution in [2.24, 2.45) is 0 Å². The summed E-state index contributed by atoms with van der Waals surface area (Å²) < 4.78 is 14.7. The van der Waals surface area contributed by atoms with Crippen LogP contribution in [0.15, 0.2) is 45.3 Å². The molecule has 0 heterocycles. The van der Waals surface area contributed by atoms with Crippen LogP contribution in [0.25, 0.3) is 0 Å². The van der Waals surface area contributed by atoms with Crippen LogP contribution in [0, 0.1) is 5.82 Å². The zero-order valence-electron chi connectivity index (χ0n) is 10.4. The second kappa shape index (κ2) is 6.36. The third-order valence-corrected chi connectivity index (χ3v) is 3.62. The number of hydrogen-bond donors (Lipinski definition) is 2. The van der Waals surface area contributed by atoms with Crippen molar-refractivity contribution in [2.45, 2.75) is 0 Å². The predicted octanol–water partition coefficient (Wildman–Crippen LogP) is 4.30. The van der Waals surface area contributed by atoms with Gasteiger partial charge < -0.3 is 10.4 Å². The molecule has 0 aliphatic rings. The number of halogens is 3. The Bertz CT molecular complexity index is 734. The van der Waals surface area contributed by atoms with E-state index in [4.69, 9.17) is 5.11 Å². The summed E-state index contributed by atoms with van der Waals surface area (Å²) in [7, 11) is 0. The van der Waals surface area contributed by atoms with E-state index in [0.29, 0.717) is 8.95 Å². The number of amides is 1. The summed E-state index contributed by atoms with van der Waals surface area (Å²) in [5.74, 6) is -2.61. The minimum Gasteiger partial charge on any atom is -0.478 e. The molecule has 0 aromatic heterocycles. The Kier molecular flexibility index (Phi) is 4.74. The maximum absolute atomic E-state index is 13.6. The molecule has 7 heteroatoms. The highest BCUT2D eigenvalue weighted by molar-refractivity contribution is 9.10. The molecule has 0 bridgehead atoms. The summed E-state index contributed by atoms with van der Waals surface area (Å²) in [5, 5.41) is 11.5. The molecular formula is C14H8Br2FNO3. The molecule has 2 rings (SSSR count). The van der Waals surface area contributed by atoms with Crippen molar-refractivity contribution in [1.82, 2.24) is 0 Å². The average molecular weight is 417 g/mol. The fraction of sp³-hybridized carbons (Fsp3) is 0. The lowest BCUT2D eigenvalue weighted by Gasteiger charge is -2.09. The predicted molar refractivity (Wildman–Crippen MR) is 83.2 cm³/mol. The fourth-order valence-corrected chi connectivity index (χ4v) is 2.39. The first kappa shape index (κ1) is 15.7. The van der Waals surface area contributed by atoms with Crippen molar-refractivity contribution in [2.75, 3.05) is 5.32 Å². The maximum Gasteiger partial charge on any atom is 0.337 e. The lowest BCUT2D eigenvalue weighted by atomic mass is 10.1. The van der Waals surface area contributed by atoms with Gasteiger partial charge in [0.2, 0.25) is 0 Å². The molecule has 2 aromatic carbocycles. The van der Waals surface area contributed by atoms with Gasteiger partial charge in [-0.3, -0.25) is 4.79 Å². The van der Waals surface area contributed by atoms with Crippen molar-refractivity contribution in [3.63, 3.8) is 0 Å². The monoisotopic (exact) mass is 415 g/mol. The Morgan fingerprint density at radius 2 is 1.57 bits per heavy atom. The van der Waals surface area contributed by atoms with E-state index in [0.717, 1.165) is 6.07 Å². The highest BCUT2D eigenvalue weighted by Crippen LogP contribution is 2.23. The Morgan fingerprint density at radius 3 is 2.19 bits per heavy atom. The van der Waals surface area contributed by atoms with E-state index in [1.165, 1.54) is 24.3 Å². The first-order chi connectivity index (χ1) is 9.88. The summed E-state index contributed by atoms with van der Waals surface area (Å²) >= 11 is 6.30. The van der Waals surface area contributed by atoms with Gasteiger partial charge in [-0.05, 0) is 36.4 Å². The molecule has 0 spiro atoms. The molecule has 0 aliphatic heterocycles. The summed E-state index contributed by atoms with van der Waals surface area (Å²) in [4.78, 5) is 23.2. The lowest BCUT2D eigenvalue weighted by molar-refractivity contribution is 0.0698. The molecule has 21 heavy (non-hydrogen) atoms. The van der Waals surface area contributed by atoms with Crippen molar-refractivity contribution in [1.29, 1.82) is 0 Å². The van der Waals surface area contributed by atoms with Crippen molar-refractivity contribution < 1.29 is 19.1 Å². The van der Waals surface area contributed by atoms with E-state index in [1.54, 1.807) is 6.07 Å². The number of rotatable bonds is 3. The second-order valence-corrected chi connectivity index (χ2v) is 5.90. The Labute approximate surface area is 136 Å². The van der Waals surface area contributed by atoms with Gasteiger partial charge in [0.25, 0.3) is 5.91 Å². The summed E-state index contributed by atoms with van der Waals surface area (Å²) in [5.41, 5.74) is -0.174. The molecule has 2 aromatic rings. The van der Waals surface area contributed by atoms with Crippen LogP contribution < -0.4 is 5.32 Å². The van der Waals surface area contributed by atoms with Crippen LogP contribution in [-0.2, 0) is 0 Å². The van der Waals surface area contributed by atoms with Crippen LogP contribution in [0.1, 0.15) is 20.7 Å². The molecule has 0 saturated heterocycles. The van der Waals surface area contributed by atoms with Gasteiger partial charge in [-0.2, -0.15) is 0 Å². The molecule has 4 nitrogen and oxygen atoms in total. The molecule has 0 aliphatic carbocycles. The largest absolute Gasteiger partial charge is 0.478 e. The number of carbonyl (C=O) groups excluding carboxylic acids is 1. The normalized spacial score (nSPS) is 10.2. The SMILES string of the molecule is O=C(Nc1ccc(Br)cc1C(=O)O)c1cc(Br)ccc1F. The first-order valence-corrected chi connectivity index (χ1v) is 7.26. The Balaban J connectivity index is 2.36. The first-order valence-electron chi connectivity index (χ1n) is 5.67. The molecule has 1 amide bonds. The van der Waals surface area contributed by atoms with Gasteiger partial charge in [-0.1, -0.05) is 31.9 Å².